The molecule has 1 N–H and O–H groups in total. The minimum absolute atomic E-state index is 0.621. The highest BCUT2D eigenvalue weighted by Gasteiger charge is 1.99. The zero-order chi connectivity index (χ0) is 11.1. The van der Waals surface area contributed by atoms with Crippen LogP contribution in [0.2, 0.25) is 0 Å². The van der Waals surface area contributed by atoms with Crippen LogP contribution in [0.1, 0.15) is 32.3 Å². The van der Waals surface area contributed by atoms with Gasteiger partial charge in [0.2, 0.25) is 0 Å². The van der Waals surface area contributed by atoms with Crippen LogP contribution in [-0.4, -0.2) is 12.3 Å². The lowest BCUT2D eigenvalue weighted by Crippen LogP contribution is -2.24. The smallest absolute Gasteiger partial charge is 0.0207 e. The van der Waals surface area contributed by atoms with Crippen molar-refractivity contribution in [3.05, 3.63) is 29.8 Å². The van der Waals surface area contributed by atoms with E-state index in [1.165, 1.54) is 23.3 Å². The molecule has 0 saturated heterocycles. The van der Waals surface area contributed by atoms with E-state index < -0.39 is 0 Å². The van der Waals surface area contributed by atoms with Crippen LogP contribution < -0.4 is 5.32 Å². The molecular formula is C13H21NS. The highest BCUT2D eigenvalue weighted by Crippen LogP contribution is 2.14. The van der Waals surface area contributed by atoms with E-state index in [2.05, 4.69) is 49.7 Å². The maximum atomic E-state index is 3.53. The normalized spacial score (nSPS) is 12.7. The molecule has 0 aromatic heterocycles. The number of rotatable bonds is 6. The second-order valence-corrected chi connectivity index (χ2v) is 4.80. The maximum absolute atomic E-state index is 3.53. The molecule has 15 heavy (non-hydrogen) atoms. The Hall–Kier alpha value is -0.470. The minimum Gasteiger partial charge on any atom is -0.310 e. The number of hydrogen-bond donors (Lipinski definition) is 1. The van der Waals surface area contributed by atoms with Gasteiger partial charge < -0.3 is 5.32 Å². The van der Waals surface area contributed by atoms with Crippen molar-refractivity contribution in [1.29, 1.82) is 0 Å². The van der Waals surface area contributed by atoms with E-state index in [1.807, 2.05) is 0 Å². The van der Waals surface area contributed by atoms with Crippen LogP contribution >= 0.6 is 11.8 Å². The largest absolute Gasteiger partial charge is 0.310 e. The van der Waals surface area contributed by atoms with Crippen molar-refractivity contribution in [2.75, 3.05) is 6.26 Å². The Kier molecular flexibility index (Phi) is 5.81. The van der Waals surface area contributed by atoms with E-state index in [4.69, 9.17) is 0 Å². The third kappa shape index (κ3) is 4.72. The van der Waals surface area contributed by atoms with E-state index in [0.29, 0.717) is 6.04 Å². The van der Waals surface area contributed by atoms with Crippen LogP contribution in [0.4, 0.5) is 0 Å². The number of benzene rings is 1. The van der Waals surface area contributed by atoms with E-state index in [-0.39, 0.29) is 0 Å². The Labute approximate surface area is 97.7 Å². The maximum Gasteiger partial charge on any atom is 0.0207 e. The van der Waals surface area contributed by atoms with E-state index >= 15 is 0 Å². The van der Waals surface area contributed by atoms with Gasteiger partial charge in [-0.2, -0.15) is 0 Å². The fourth-order valence-electron chi connectivity index (χ4n) is 1.57. The van der Waals surface area contributed by atoms with Crippen LogP contribution in [0.15, 0.2) is 29.2 Å². The molecule has 1 atom stereocenters. The van der Waals surface area contributed by atoms with Gasteiger partial charge in [0.25, 0.3) is 0 Å². The molecule has 2 heteroatoms. The quantitative estimate of drug-likeness (QED) is 0.738. The van der Waals surface area contributed by atoms with Crippen molar-refractivity contribution < 1.29 is 0 Å². The fraction of sp³-hybridized carbons (Fsp3) is 0.538. The molecule has 0 aliphatic carbocycles. The summed E-state index contributed by atoms with van der Waals surface area (Å²) < 4.78 is 0. The second-order valence-electron chi connectivity index (χ2n) is 3.92. The molecule has 0 heterocycles. The molecule has 0 aliphatic rings. The highest BCUT2D eigenvalue weighted by atomic mass is 32.2. The van der Waals surface area contributed by atoms with Crippen molar-refractivity contribution in [2.24, 2.45) is 0 Å². The standard InChI is InChI=1S/C13H21NS/c1-4-5-11(2)14-10-12-6-8-13(15-3)9-7-12/h6-9,11,14H,4-5,10H2,1-3H3. The first-order valence-electron chi connectivity index (χ1n) is 5.62. The van der Waals surface area contributed by atoms with Crippen molar-refractivity contribution >= 4 is 11.8 Å². The topological polar surface area (TPSA) is 12.0 Å². The van der Waals surface area contributed by atoms with Gasteiger partial charge in [-0.25, -0.2) is 0 Å². The van der Waals surface area contributed by atoms with Crippen LogP contribution in [0, 0.1) is 0 Å². The molecule has 0 saturated carbocycles. The molecule has 1 rings (SSSR count). The molecular weight excluding hydrogens is 202 g/mol. The molecule has 1 aromatic rings. The summed E-state index contributed by atoms with van der Waals surface area (Å²) in [5.41, 5.74) is 1.37. The lowest BCUT2D eigenvalue weighted by Gasteiger charge is -2.12. The third-order valence-electron chi connectivity index (χ3n) is 2.54. The van der Waals surface area contributed by atoms with Gasteiger partial charge in [-0.1, -0.05) is 25.5 Å². The molecule has 0 fully saturated rings. The average Bonchev–Trinajstić information content (AvgIpc) is 2.27. The highest BCUT2D eigenvalue weighted by molar-refractivity contribution is 7.98. The Balaban J connectivity index is 2.37. The first-order valence-corrected chi connectivity index (χ1v) is 6.85. The van der Waals surface area contributed by atoms with Gasteiger partial charge in [-0.3, -0.25) is 0 Å². The second kappa shape index (κ2) is 6.91. The predicted molar refractivity (Wildman–Crippen MR) is 69.4 cm³/mol. The Morgan fingerprint density at radius 1 is 1.27 bits per heavy atom. The summed E-state index contributed by atoms with van der Waals surface area (Å²) in [6, 6.07) is 9.41. The SMILES string of the molecule is CCCC(C)NCc1ccc(SC)cc1. The molecule has 1 aromatic carbocycles. The summed E-state index contributed by atoms with van der Waals surface area (Å²) in [6.45, 7) is 5.46. The first-order chi connectivity index (χ1) is 7.26. The van der Waals surface area contributed by atoms with Crippen molar-refractivity contribution in [1.82, 2.24) is 5.32 Å². The Morgan fingerprint density at radius 2 is 1.93 bits per heavy atom. The van der Waals surface area contributed by atoms with Crippen molar-refractivity contribution in [2.45, 2.75) is 44.2 Å². The number of nitrogens with one attached hydrogen (secondary N) is 1. The van der Waals surface area contributed by atoms with Gasteiger partial charge >= 0.3 is 0 Å². The molecule has 0 radical (unpaired) electrons. The van der Waals surface area contributed by atoms with Crippen molar-refractivity contribution in [3.8, 4) is 0 Å². The summed E-state index contributed by atoms with van der Waals surface area (Å²) in [7, 11) is 0. The van der Waals surface area contributed by atoms with Gasteiger partial charge in [0.05, 0.1) is 0 Å². The molecule has 1 nitrogen and oxygen atoms in total. The fourth-order valence-corrected chi connectivity index (χ4v) is 1.98. The lowest BCUT2D eigenvalue weighted by atomic mass is 10.1. The minimum atomic E-state index is 0.621. The van der Waals surface area contributed by atoms with E-state index in [9.17, 15) is 0 Å². The number of thioether (sulfide) groups is 1. The molecule has 1 unspecified atom stereocenters. The molecule has 84 valence electrons. The zero-order valence-electron chi connectivity index (χ0n) is 9.92. The summed E-state index contributed by atoms with van der Waals surface area (Å²) in [4.78, 5) is 1.33. The van der Waals surface area contributed by atoms with Crippen LogP contribution in [0.3, 0.4) is 0 Å². The Bertz CT molecular complexity index is 268. The summed E-state index contributed by atoms with van der Waals surface area (Å²) in [6.07, 6.45) is 4.61. The van der Waals surface area contributed by atoms with E-state index in [1.54, 1.807) is 11.8 Å². The van der Waals surface area contributed by atoms with Crippen LogP contribution in [-0.2, 0) is 6.54 Å². The van der Waals surface area contributed by atoms with Gasteiger partial charge in [0.1, 0.15) is 0 Å². The summed E-state index contributed by atoms with van der Waals surface area (Å²) >= 11 is 1.79. The monoisotopic (exact) mass is 223 g/mol. The van der Waals surface area contributed by atoms with E-state index in [0.717, 1.165) is 6.54 Å². The molecule has 0 spiro atoms. The van der Waals surface area contributed by atoms with Gasteiger partial charge in [0.15, 0.2) is 0 Å². The van der Waals surface area contributed by atoms with Gasteiger partial charge in [0, 0.05) is 17.5 Å². The molecule has 0 bridgehead atoms. The summed E-state index contributed by atoms with van der Waals surface area (Å²) in [5, 5.41) is 3.53. The Morgan fingerprint density at radius 3 is 2.47 bits per heavy atom. The third-order valence-corrected chi connectivity index (χ3v) is 3.28. The van der Waals surface area contributed by atoms with Gasteiger partial charge in [-0.15, -0.1) is 11.8 Å². The van der Waals surface area contributed by atoms with Gasteiger partial charge in [-0.05, 0) is 37.3 Å². The predicted octanol–water partition coefficient (Wildman–Crippen LogP) is 3.69. The summed E-state index contributed by atoms with van der Waals surface area (Å²) in [5.74, 6) is 0. The van der Waals surface area contributed by atoms with Crippen LogP contribution in [0.25, 0.3) is 0 Å². The zero-order valence-corrected chi connectivity index (χ0v) is 10.7. The molecule has 0 amide bonds. The van der Waals surface area contributed by atoms with Crippen LogP contribution in [0.5, 0.6) is 0 Å². The lowest BCUT2D eigenvalue weighted by molar-refractivity contribution is 0.508. The average molecular weight is 223 g/mol. The van der Waals surface area contributed by atoms with Crippen molar-refractivity contribution in [3.63, 3.8) is 0 Å². The molecule has 0 aliphatic heterocycles. The first kappa shape index (κ1) is 12.6. The number of hydrogen-bond acceptors (Lipinski definition) is 2.